The highest BCUT2D eigenvalue weighted by Crippen LogP contribution is 2.34. The Balaban J connectivity index is 1.73. The van der Waals surface area contributed by atoms with E-state index >= 15 is 0 Å². The predicted octanol–water partition coefficient (Wildman–Crippen LogP) is 5.69. The molecule has 0 bridgehead atoms. The van der Waals surface area contributed by atoms with E-state index in [4.69, 9.17) is 5.73 Å². The zero-order chi connectivity index (χ0) is 21.6. The molecule has 1 heterocycles. The van der Waals surface area contributed by atoms with Crippen molar-refractivity contribution < 1.29 is 0 Å². The van der Waals surface area contributed by atoms with Crippen molar-refractivity contribution in [2.75, 3.05) is 27.6 Å². The molecule has 0 atom stereocenters. The van der Waals surface area contributed by atoms with E-state index in [0.717, 1.165) is 23.6 Å². The highest BCUT2D eigenvalue weighted by molar-refractivity contribution is 5.81. The van der Waals surface area contributed by atoms with Crippen molar-refractivity contribution in [2.45, 2.75) is 13.8 Å². The molecule has 6 nitrogen and oxygen atoms in total. The molecule has 6 heteroatoms. The lowest BCUT2D eigenvalue weighted by atomic mass is 10.2. The molecule has 0 saturated heterocycles. The van der Waals surface area contributed by atoms with E-state index < -0.39 is 0 Å². The van der Waals surface area contributed by atoms with Gasteiger partial charge in [0.1, 0.15) is 12.0 Å². The molecule has 3 aromatic carbocycles. The van der Waals surface area contributed by atoms with Crippen molar-refractivity contribution in [1.82, 2.24) is 9.97 Å². The minimum atomic E-state index is 0.489. The highest BCUT2D eigenvalue weighted by Gasteiger charge is 2.18. The van der Waals surface area contributed by atoms with Crippen LogP contribution in [0.4, 0.5) is 34.4 Å². The first-order valence-corrected chi connectivity index (χ1v) is 10.3. The highest BCUT2D eigenvalue weighted by atomic mass is 15.5. The number of para-hydroxylation sites is 2. The summed E-state index contributed by atoms with van der Waals surface area (Å²) < 4.78 is 0. The number of rotatable bonds is 7. The number of benzene rings is 3. The molecule has 4 rings (SSSR count). The summed E-state index contributed by atoms with van der Waals surface area (Å²) in [7, 11) is 0. The molecule has 0 amide bonds. The zero-order valence-electron chi connectivity index (χ0n) is 17.7. The van der Waals surface area contributed by atoms with Crippen LogP contribution in [-0.2, 0) is 0 Å². The van der Waals surface area contributed by atoms with Gasteiger partial charge in [-0.05, 0) is 55.8 Å². The number of hydrogen-bond donors (Lipinski definition) is 2. The number of nitrogens with zero attached hydrogens (tertiary/aromatic N) is 4. The fourth-order valence-corrected chi connectivity index (χ4v) is 3.48. The SMILES string of the molecule is CCN(c1cccc(C)c1)c1ncnc(NN(c2ccccc2)c2ccccc2)c1N. The van der Waals surface area contributed by atoms with Crippen LogP contribution >= 0.6 is 0 Å². The second-order valence-electron chi connectivity index (χ2n) is 7.16. The second-order valence-corrected chi connectivity index (χ2v) is 7.16. The van der Waals surface area contributed by atoms with Gasteiger partial charge in [-0.25, -0.2) is 9.97 Å². The lowest BCUT2D eigenvalue weighted by Gasteiger charge is -2.28. The van der Waals surface area contributed by atoms with Crippen LogP contribution in [0, 0.1) is 6.92 Å². The summed E-state index contributed by atoms with van der Waals surface area (Å²) in [5.74, 6) is 1.22. The van der Waals surface area contributed by atoms with Crippen molar-refractivity contribution >= 4 is 34.4 Å². The van der Waals surface area contributed by atoms with Gasteiger partial charge in [-0.3, -0.25) is 10.4 Å². The molecule has 0 aliphatic rings. The number of nitrogens with two attached hydrogens (primary N) is 1. The summed E-state index contributed by atoms with van der Waals surface area (Å²) in [5.41, 5.74) is 14.6. The third-order valence-corrected chi connectivity index (χ3v) is 4.99. The van der Waals surface area contributed by atoms with Gasteiger partial charge in [-0.2, -0.15) is 0 Å². The van der Waals surface area contributed by atoms with Crippen LogP contribution in [0.1, 0.15) is 12.5 Å². The van der Waals surface area contributed by atoms with Gasteiger partial charge in [0.15, 0.2) is 11.6 Å². The molecule has 156 valence electrons. The Morgan fingerprint density at radius 1 is 0.806 bits per heavy atom. The molecular weight excluding hydrogens is 384 g/mol. The quantitative estimate of drug-likeness (QED) is 0.381. The van der Waals surface area contributed by atoms with E-state index in [1.54, 1.807) is 6.33 Å². The molecule has 4 aromatic rings. The minimum absolute atomic E-state index is 0.489. The molecular formula is C25H26N6. The number of nitrogens with one attached hydrogen (secondary N) is 1. The van der Waals surface area contributed by atoms with Gasteiger partial charge in [0.25, 0.3) is 0 Å². The van der Waals surface area contributed by atoms with Gasteiger partial charge in [-0.1, -0.05) is 48.5 Å². The first-order valence-electron chi connectivity index (χ1n) is 10.3. The molecule has 3 N–H and O–H groups in total. The molecule has 0 spiro atoms. The van der Waals surface area contributed by atoms with Gasteiger partial charge in [-0.15, -0.1) is 0 Å². The van der Waals surface area contributed by atoms with Crippen molar-refractivity contribution in [2.24, 2.45) is 0 Å². The third-order valence-electron chi connectivity index (χ3n) is 4.99. The fourth-order valence-electron chi connectivity index (χ4n) is 3.48. The largest absolute Gasteiger partial charge is 0.393 e. The van der Waals surface area contributed by atoms with E-state index in [0.29, 0.717) is 17.3 Å². The number of aromatic nitrogens is 2. The predicted molar refractivity (Wildman–Crippen MR) is 129 cm³/mol. The van der Waals surface area contributed by atoms with Crippen LogP contribution in [0.5, 0.6) is 0 Å². The standard InChI is InChI=1S/C25H26N6/c1-3-30(22-16-10-11-19(2)17-22)25-23(26)24(27-18-28-25)29-31(20-12-6-4-7-13-20)21-14-8-5-9-15-21/h4-18H,3,26H2,1-2H3,(H,27,28,29). The maximum Gasteiger partial charge on any atom is 0.173 e. The molecule has 0 unspecified atom stereocenters. The summed E-state index contributed by atoms with van der Waals surface area (Å²) in [4.78, 5) is 11.0. The van der Waals surface area contributed by atoms with Gasteiger partial charge in [0, 0.05) is 12.2 Å². The van der Waals surface area contributed by atoms with Crippen molar-refractivity contribution in [3.8, 4) is 0 Å². The minimum Gasteiger partial charge on any atom is -0.393 e. The molecule has 0 radical (unpaired) electrons. The summed E-state index contributed by atoms with van der Waals surface area (Å²) in [6.45, 7) is 4.88. The number of hydrogen-bond acceptors (Lipinski definition) is 6. The Bertz CT molecular complexity index is 1090. The summed E-state index contributed by atoms with van der Waals surface area (Å²) in [6.07, 6.45) is 1.54. The second kappa shape index (κ2) is 9.17. The summed E-state index contributed by atoms with van der Waals surface area (Å²) >= 11 is 0. The van der Waals surface area contributed by atoms with Crippen LogP contribution in [0.25, 0.3) is 0 Å². The molecule has 0 fully saturated rings. The van der Waals surface area contributed by atoms with Crippen molar-refractivity contribution in [3.63, 3.8) is 0 Å². The lowest BCUT2D eigenvalue weighted by molar-refractivity contribution is 0.975. The van der Waals surface area contributed by atoms with E-state index in [2.05, 4.69) is 52.3 Å². The van der Waals surface area contributed by atoms with E-state index in [9.17, 15) is 0 Å². The Labute approximate surface area is 183 Å². The van der Waals surface area contributed by atoms with Crippen LogP contribution < -0.4 is 21.1 Å². The topological polar surface area (TPSA) is 70.3 Å². The monoisotopic (exact) mass is 410 g/mol. The van der Waals surface area contributed by atoms with Crippen molar-refractivity contribution in [1.29, 1.82) is 0 Å². The number of hydrazine groups is 1. The van der Waals surface area contributed by atoms with Gasteiger partial charge < -0.3 is 10.6 Å². The normalized spacial score (nSPS) is 10.5. The molecule has 0 saturated carbocycles. The molecule has 0 aliphatic heterocycles. The maximum atomic E-state index is 6.58. The maximum absolute atomic E-state index is 6.58. The van der Waals surface area contributed by atoms with Crippen LogP contribution in [-0.4, -0.2) is 16.5 Å². The fraction of sp³-hybridized carbons (Fsp3) is 0.120. The van der Waals surface area contributed by atoms with E-state index in [-0.39, 0.29) is 0 Å². The molecule has 0 aliphatic carbocycles. The molecule has 1 aromatic heterocycles. The van der Waals surface area contributed by atoms with Crippen LogP contribution in [0.2, 0.25) is 0 Å². The summed E-state index contributed by atoms with van der Waals surface area (Å²) in [6, 6.07) is 28.4. The Hall–Kier alpha value is -4.06. The van der Waals surface area contributed by atoms with Crippen LogP contribution in [0.3, 0.4) is 0 Å². The summed E-state index contributed by atoms with van der Waals surface area (Å²) in [5, 5.41) is 1.96. The van der Waals surface area contributed by atoms with Gasteiger partial charge in [0.05, 0.1) is 11.4 Å². The molecule has 31 heavy (non-hydrogen) atoms. The van der Waals surface area contributed by atoms with Gasteiger partial charge >= 0.3 is 0 Å². The van der Waals surface area contributed by atoms with E-state index in [1.165, 1.54) is 5.56 Å². The Kier molecular flexibility index (Phi) is 5.98. The van der Waals surface area contributed by atoms with Crippen LogP contribution in [0.15, 0.2) is 91.3 Å². The first-order chi connectivity index (χ1) is 15.2. The van der Waals surface area contributed by atoms with Crippen molar-refractivity contribution in [3.05, 3.63) is 96.8 Å². The van der Waals surface area contributed by atoms with E-state index in [1.807, 2.05) is 71.7 Å². The Morgan fingerprint density at radius 3 is 2.00 bits per heavy atom. The number of anilines is 6. The Morgan fingerprint density at radius 2 is 1.42 bits per heavy atom. The average molecular weight is 411 g/mol. The first kappa shape index (κ1) is 20.2. The van der Waals surface area contributed by atoms with Gasteiger partial charge in [0.2, 0.25) is 0 Å². The number of aryl methyl sites for hydroxylation is 1. The number of nitrogen functional groups attached to an aromatic ring is 1. The third kappa shape index (κ3) is 4.43. The average Bonchev–Trinajstić information content (AvgIpc) is 2.81. The zero-order valence-corrected chi connectivity index (χ0v) is 17.7. The smallest absolute Gasteiger partial charge is 0.173 e. The lowest BCUT2D eigenvalue weighted by Crippen LogP contribution is -2.27.